The third kappa shape index (κ3) is 2.96. The molecule has 0 saturated heterocycles. The minimum Gasteiger partial charge on any atom is -0.493 e. The van der Waals surface area contributed by atoms with Gasteiger partial charge in [-0.05, 0) is 60.6 Å². The zero-order valence-electron chi connectivity index (χ0n) is 10.2. The topological polar surface area (TPSA) is 9.23 Å². The second kappa shape index (κ2) is 4.43. The maximum absolute atomic E-state index is 5.58. The molecule has 2 rings (SSSR count). The summed E-state index contributed by atoms with van der Waals surface area (Å²) in [6, 6.07) is 6.28. The number of hydrogen-bond donors (Lipinski definition) is 0. The molecule has 0 unspecified atom stereocenters. The first-order valence-electron chi connectivity index (χ1n) is 5.51. The van der Waals surface area contributed by atoms with Gasteiger partial charge in [-0.25, -0.2) is 0 Å². The highest BCUT2D eigenvalue weighted by molar-refractivity contribution is 8.35. The quantitative estimate of drug-likeness (QED) is 0.627. The number of benzene rings is 1. The van der Waals surface area contributed by atoms with Crippen LogP contribution in [0.1, 0.15) is 17.5 Å². The van der Waals surface area contributed by atoms with Gasteiger partial charge in [-0.2, -0.15) is 10.0 Å². The van der Waals surface area contributed by atoms with Crippen LogP contribution >= 0.6 is 10.0 Å². The molecule has 0 saturated carbocycles. The van der Waals surface area contributed by atoms with E-state index in [1.807, 2.05) is 0 Å². The highest BCUT2D eigenvalue weighted by Crippen LogP contribution is 2.32. The van der Waals surface area contributed by atoms with Gasteiger partial charge in [0, 0.05) is 5.56 Å². The zero-order valence-corrected chi connectivity index (χ0v) is 11.0. The van der Waals surface area contributed by atoms with E-state index in [9.17, 15) is 0 Å². The molecule has 1 aromatic carbocycles. The highest BCUT2D eigenvalue weighted by Gasteiger charge is 2.09. The average Bonchev–Trinajstić information content (AvgIpc) is 2.25. The van der Waals surface area contributed by atoms with Gasteiger partial charge in [0.25, 0.3) is 0 Å². The number of fused-ring (bicyclic) bond motifs is 1. The molecule has 0 atom stereocenters. The monoisotopic (exact) mass is 234 g/mol. The summed E-state index contributed by atoms with van der Waals surface area (Å²) in [5.41, 5.74) is 2.42. The smallest absolute Gasteiger partial charge is 0.122 e. The zero-order chi connectivity index (χ0) is 11.6. The van der Waals surface area contributed by atoms with Crippen molar-refractivity contribution in [3.63, 3.8) is 0 Å². The lowest BCUT2D eigenvalue weighted by molar-refractivity contribution is 0.288. The first kappa shape index (κ1) is 11.4. The van der Waals surface area contributed by atoms with E-state index in [1.165, 1.54) is 5.56 Å². The molecular weight excluding hydrogens is 216 g/mol. The Bertz CT molecular complexity index is 446. The molecule has 86 valence electrons. The molecule has 0 N–H and O–H groups in total. The summed E-state index contributed by atoms with van der Waals surface area (Å²) < 4.78 is 5.58. The fourth-order valence-electron chi connectivity index (χ4n) is 1.65. The summed E-state index contributed by atoms with van der Waals surface area (Å²) >= 11 is 0. The second-order valence-electron chi connectivity index (χ2n) is 4.84. The van der Waals surface area contributed by atoms with Gasteiger partial charge in [0.2, 0.25) is 0 Å². The van der Waals surface area contributed by atoms with Crippen LogP contribution < -0.4 is 4.74 Å². The van der Waals surface area contributed by atoms with Gasteiger partial charge in [0.15, 0.2) is 0 Å². The Morgan fingerprint density at radius 1 is 1.25 bits per heavy atom. The van der Waals surface area contributed by atoms with Crippen molar-refractivity contribution in [1.82, 2.24) is 0 Å². The molecule has 1 heterocycles. The van der Waals surface area contributed by atoms with Crippen LogP contribution in [0.4, 0.5) is 0 Å². The van der Waals surface area contributed by atoms with E-state index in [4.69, 9.17) is 4.74 Å². The standard InChI is InChI=1S/C14H18OS/c1-16(2,3)10-8-12-6-7-14-13(11-12)5-4-9-15-14/h6-7,11H,4-5,9H2,1-3H3. The summed E-state index contributed by atoms with van der Waals surface area (Å²) in [5, 5.41) is 3.34. The fourth-order valence-corrected chi connectivity index (χ4v) is 2.07. The van der Waals surface area contributed by atoms with E-state index in [2.05, 4.69) is 48.1 Å². The molecule has 0 bridgehead atoms. The van der Waals surface area contributed by atoms with Crippen LogP contribution in [-0.4, -0.2) is 25.4 Å². The lowest BCUT2D eigenvalue weighted by Gasteiger charge is -2.17. The van der Waals surface area contributed by atoms with Crippen LogP contribution in [0.15, 0.2) is 18.2 Å². The van der Waals surface area contributed by atoms with E-state index in [0.29, 0.717) is 0 Å². The predicted molar refractivity (Wildman–Crippen MR) is 72.5 cm³/mol. The Morgan fingerprint density at radius 3 is 2.81 bits per heavy atom. The Hall–Kier alpha value is -1.07. The molecule has 0 aliphatic carbocycles. The van der Waals surface area contributed by atoms with E-state index in [0.717, 1.165) is 30.8 Å². The molecule has 16 heavy (non-hydrogen) atoms. The van der Waals surface area contributed by atoms with Gasteiger partial charge in [-0.1, -0.05) is 5.92 Å². The van der Waals surface area contributed by atoms with Crippen molar-refractivity contribution in [3.8, 4) is 16.9 Å². The fraction of sp³-hybridized carbons (Fsp3) is 0.429. The molecule has 0 fully saturated rings. The number of hydrogen-bond acceptors (Lipinski definition) is 1. The van der Waals surface area contributed by atoms with Gasteiger partial charge in [-0.3, -0.25) is 0 Å². The van der Waals surface area contributed by atoms with Crippen molar-refractivity contribution in [3.05, 3.63) is 29.3 Å². The molecular formula is C14H18OS. The normalized spacial score (nSPS) is 15.4. The largest absolute Gasteiger partial charge is 0.493 e. The predicted octanol–water partition coefficient (Wildman–Crippen LogP) is 3.01. The highest BCUT2D eigenvalue weighted by atomic mass is 32.3. The average molecular weight is 234 g/mol. The van der Waals surface area contributed by atoms with Crippen molar-refractivity contribution in [2.45, 2.75) is 12.8 Å². The summed E-state index contributed by atoms with van der Waals surface area (Å²) in [6.45, 7) is 0.851. The first-order chi connectivity index (χ1) is 7.54. The van der Waals surface area contributed by atoms with E-state index in [1.54, 1.807) is 0 Å². The van der Waals surface area contributed by atoms with Crippen LogP contribution in [0.2, 0.25) is 0 Å². The third-order valence-corrected chi connectivity index (χ3v) is 3.12. The van der Waals surface area contributed by atoms with Crippen LogP contribution in [-0.2, 0) is 6.42 Å². The number of ether oxygens (including phenoxy) is 1. The van der Waals surface area contributed by atoms with E-state index < -0.39 is 10.0 Å². The molecule has 0 spiro atoms. The molecule has 1 aromatic rings. The van der Waals surface area contributed by atoms with Crippen molar-refractivity contribution in [2.24, 2.45) is 0 Å². The molecule has 2 heteroatoms. The Morgan fingerprint density at radius 2 is 2.06 bits per heavy atom. The second-order valence-corrected chi connectivity index (χ2v) is 8.72. The lowest BCUT2D eigenvalue weighted by Crippen LogP contribution is -2.08. The SMILES string of the molecule is CS(C)(C)C#Cc1ccc2c(c1)CCCO2. The number of rotatable bonds is 0. The third-order valence-electron chi connectivity index (χ3n) is 2.41. The Kier molecular flexibility index (Phi) is 3.16. The molecule has 0 radical (unpaired) electrons. The van der Waals surface area contributed by atoms with Crippen LogP contribution in [0.25, 0.3) is 0 Å². The van der Waals surface area contributed by atoms with Crippen molar-refractivity contribution >= 4 is 10.0 Å². The maximum atomic E-state index is 5.58. The molecule has 1 aliphatic heterocycles. The lowest BCUT2D eigenvalue weighted by atomic mass is 10.0. The Balaban J connectivity index is 2.26. The minimum absolute atomic E-state index is 0.736. The minimum atomic E-state index is -0.736. The molecule has 1 aliphatic rings. The Labute approximate surface area is 99.5 Å². The van der Waals surface area contributed by atoms with Crippen LogP contribution in [0.5, 0.6) is 5.75 Å². The van der Waals surface area contributed by atoms with E-state index >= 15 is 0 Å². The maximum Gasteiger partial charge on any atom is 0.122 e. The molecule has 0 aromatic heterocycles. The van der Waals surface area contributed by atoms with Crippen LogP contribution in [0, 0.1) is 11.2 Å². The van der Waals surface area contributed by atoms with Gasteiger partial charge in [0.05, 0.1) is 6.61 Å². The van der Waals surface area contributed by atoms with Gasteiger partial charge >= 0.3 is 0 Å². The van der Waals surface area contributed by atoms with Gasteiger partial charge < -0.3 is 4.74 Å². The van der Waals surface area contributed by atoms with Gasteiger partial charge in [0.1, 0.15) is 5.75 Å². The summed E-state index contributed by atoms with van der Waals surface area (Å²) in [7, 11) is -0.736. The van der Waals surface area contributed by atoms with E-state index in [-0.39, 0.29) is 0 Å². The summed E-state index contributed by atoms with van der Waals surface area (Å²) in [4.78, 5) is 0. The number of aryl methyl sites for hydroxylation is 1. The first-order valence-corrected chi connectivity index (χ1v) is 8.37. The van der Waals surface area contributed by atoms with Crippen molar-refractivity contribution in [1.29, 1.82) is 0 Å². The van der Waals surface area contributed by atoms with Gasteiger partial charge in [-0.15, -0.1) is 0 Å². The van der Waals surface area contributed by atoms with Crippen molar-refractivity contribution < 1.29 is 4.74 Å². The van der Waals surface area contributed by atoms with Crippen molar-refractivity contribution in [2.75, 3.05) is 25.4 Å². The summed E-state index contributed by atoms with van der Waals surface area (Å²) in [6.07, 6.45) is 8.87. The molecule has 0 amide bonds. The molecule has 1 nitrogen and oxygen atoms in total. The van der Waals surface area contributed by atoms with Crippen LogP contribution in [0.3, 0.4) is 0 Å². The summed E-state index contributed by atoms with van der Waals surface area (Å²) in [5.74, 6) is 4.31.